The van der Waals surface area contributed by atoms with Crippen molar-refractivity contribution in [1.82, 2.24) is 29.2 Å². The minimum Gasteiger partial charge on any atom is -0.507 e. The van der Waals surface area contributed by atoms with Crippen LogP contribution in [0, 0.1) is 13.8 Å². The van der Waals surface area contributed by atoms with Gasteiger partial charge in [-0.1, -0.05) is 30.3 Å². The first-order valence-corrected chi connectivity index (χ1v) is 17.1. The van der Waals surface area contributed by atoms with Crippen molar-refractivity contribution < 1.29 is 24.2 Å². The quantitative estimate of drug-likeness (QED) is 0.319. The number of hydrogen-bond donors (Lipinski definition) is 2. The molecule has 0 aliphatic carbocycles. The maximum absolute atomic E-state index is 14.0. The molecule has 3 aliphatic rings. The Balaban J connectivity index is 1.04. The molecule has 12 nitrogen and oxygen atoms in total. The third-order valence-corrected chi connectivity index (χ3v) is 10.4. The van der Waals surface area contributed by atoms with Crippen molar-refractivity contribution in [2.45, 2.75) is 64.1 Å². The second-order valence-corrected chi connectivity index (χ2v) is 13.4. The number of piperazine rings is 1. The van der Waals surface area contributed by atoms with Gasteiger partial charge in [0.05, 0.1) is 22.7 Å². The predicted molar refractivity (Wildman–Crippen MR) is 181 cm³/mol. The molecule has 0 spiro atoms. The smallest absolute Gasteiger partial charge is 0.410 e. The Labute approximate surface area is 279 Å². The molecule has 254 valence electrons. The average molecular weight is 657 g/mol. The highest BCUT2D eigenvalue weighted by atomic mass is 16.6. The van der Waals surface area contributed by atoms with Crippen molar-refractivity contribution >= 4 is 33.9 Å². The Morgan fingerprint density at radius 2 is 1.65 bits per heavy atom. The lowest BCUT2D eigenvalue weighted by molar-refractivity contribution is -0.143. The van der Waals surface area contributed by atoms with Crippen molar-refractivity contribution in [3.05, 3.63) is 69.8 Å². The summed E-state index contributed by atoms with van der Waals surface area (Å²) in [4.78, 5) is 54.3. The molecule has 3 saturated heterocycles. The van der Waals surface area contributed by atoms with E-state index in [0.717, 1.165) is 66.6 Å². The van der Waals surface area contributed by atoms with Crippen LogP contribution in [-0.4, -0.2) is 111 Å². The number of phenolic OH excluding ortho intramolecular Hbond substituents is 1. The molecule has 0 saturated carbocycles. The second-order valence-electron chi connectivity index (χ2n) is 13.4. The number of carbonyl (C=O) groups excluding carboxylic acids is 2. The standard InChI is InChI=1S/C36H44N6O6/c1-23-19-25(20-24(2)33(23)43)21-31(34(44)40-15-13-39(14-16-40)26-9-17-47-18-10-26)48-36(46)41-11-7-27(8-12-41)42-30-22-37-29-6-4-3-5-28(29)32(30)38-35(42)45/h3-6,19-20,22,26-27,31,43H,7-18,21H2,1-2H3,(H,38,45). The van der Waals surface area contributed by atoms with Crippen molar-refractivity contribution in [1.29, 1.82) is 0 Å². The van der Waals surface area contributed by atoms with Crippen molar-refractivity contribution in [2.75, 3.05) is 52.5 Å². The molecule has 3 fully saturated rings. The van der Waals surface area contributed by atoms with E-state index >= 15 is 0 Å². The number of amides is 2. The number of aromatic amines is 1. The summed E-state index contributed by atoms with van der Waals surface area (Å²) in [5.41, 5.74) is 4.40. The molecule has 2 aromatic heterocycles. The minimum absolute atomic E-state index is 0.106. The van der Waals surface area contributed by atoms with E-state index in [1.807, 2.05) is 55.1 Å². The summed E-state index contributed by atoms with van der Waals surface area (Å²) in [6, 6.07) is 11.8. The van der Waals surface area contributed by atoms with Gasteiger partial charge in [-0.3, -0.25) is 19.2 Å². The third-order valence-electron chi connectivity index (χ3n) is 10.4. The Morgan fingerprint density at radius 1 is 0.958 bits per heavy atom. The minimum atomic E-state index is -0.996. The number of likely N-dealkylation sites (tertiary alicyclic amines) is 1. The number of hydrogen-bond acceptors (Lipinski definition) is 8. The molecule has 7 rings (SSSR count). The molecular weight excluding hydrogens is 612 g/mol. The molecule has 12 heteroatoms. The van der Waals surface area contributed by atoms with Crippen LogP contribution in [0.3, 0.4) is 0 Å². The van der Waals surface area contributed by atoms with Gasteiger partial charge in [0.15, 0.2) is 6.10 Å². The number of nitrogens with zero attached hydrogens (tertiary/aromatic N) is 5. The maximum Gasteiger partial charge on any atom is 0.410 e. The SMILES string of the molecule is Cc1cc(CC(OC(=O)N2CCC(n3c(=O)[nH]c4c5ccccc5ncc43)CC2)C(=O)N2CCN(C3CCOCC3)CC2)cc(C)c1O. The monoisotopic (exact) mass is 656 g/mol. The normalized spacial score (nSPS) is 19.2. The molecule has 2 N–H and O–H groups in total. The highest BCUT2D eigenvalue weighted by molar-refractivity contribution is 6.01. The zero-order valence-corrected chi connectivity index (χ0v) is 27.7. The molecule has 1 unspecified atom stereocenters. The highest BCUT2D eigenvalue weighted by Gasteiger charge is 2.35. The number of rotatable bonds is 6. The Morgan fingerprint density at radius 3 is 2.35 bits per heavy atom. The first kappa shape index (κ1) is 32.1. The number of nitrogens with one attached hydrogen (secondary N) is 1. The van der Waals surface area contributed by atoms with Crippen LogP contribution >= 0.6 is 0 Å². The van der Waals surface area contributed by atoms with Gasteiger partial charge < -0.3 is 29.4 Å². The fraction of sp³-hybridized carbons (Fsp3) is 0.500. The average Bonchev–Trinajstić information content (AvgIpc) is 3.46. The Kier molecular flexibility index (Phi) is 9.11. The van der Waals surface area contributed by atoms with Crippen LogP contribution in [0.25, 0.3) is 21.9 Å². The molecule has 0 bridgehead atoms. The summed E-state index contributed by atoms with van der Waals surface area (Å²) in [6.45, 7) is 8.70. The summed E-state index contributed by atoms with van der Waals surface area (Å²) in [5.74, 6) is 0.0299. The number of benzene rings is 2. The molecule has 0 radical (unpaired) electrons. The van der Waals surface area contributed by atoms with Gasteiger partial charge in [0.2, 0.25) is 0 Å². The van der Waals surface area contributed by atoms with Crippen LogP contribution in [0.1, 0.15) is 48.4 Å². The van der Waals surface area contributed by atoms with Crippen LogP contribution in [0.5, 0.6) is 5.75 Å². The van der Waals surface area contributed by atoms with E-state index in [1.165, 1.54) is 0 Å². The number of pyridine rings is 1. The molecule has 2 amide bonds. The molecule has 4 aromatic rings. The van der Waals surface area contributed by atoms with Crippen LogP contribution in [0.15, 0.2) is 47.4 Å². The summed E-state index contributed by atoms with van der Waals surface area (Å²) in [7, 11) is 0. The van der Waals surface area contributed by atoms with Gasteiger partial charge in [-0.2, -0.15) is 0 Å². The number of piperidine rings is 1. The molecule has 3 aliphatic heterocycles. The Hall–Kier alpha value is -4.42. The molecule has 48 heavy (non-hydrogen) atoms. The predicted octanol–water partition coefficient (Wildman–Crippen LogP) is 3.91. The lowest BCUT2D eigenvalue weighted by Crippen LogP contribution is -2.55. The summed E-state index contributed by atoms with van der Waals surface area (Å²) >= 11 is 0. The lowest BCUT2D eigenvalue weighted by Gasteiger charge is -2.41. The van der Waals surface area contributed by atoms with Crippen molar-refractivity contribution in [3.63, 3.8) is 0 Å². The van der Waals surface area contributed by atoms with Gasteiger partial charge in [0, 0.05) is 76.4 Å². The second kappa shape index (κ2) is 13.6. The van der Waals surface area contributed by atoms with Gasteiger partial charge in [0.1, 0.15) is 5.75 Å². The van der Waals surface area contributed by atoms with Crippen LogP contribution in [0.2, 0.25) is 0 Å². The van der Waals surface area contributed by atoms with E-state index in [0.29, 0.717) is 56.2 Å². The number of aryl methyl sites for hydroxylation is 2. The fourth-order valence-corrected chi connectivity index (χ4v) is 7.71. The first-order valence-electron chi connectivity index (χ1n) is 17.1. The lowest BCUT2D eigenvalue weighted by atomic mass is 10.00. The first-order chi connectivity index (χ1) is 23.3. The van der Waals surface area contributed by atoms with Crippen LogP contribution < -0.4 is 5.69 Å². The van der Waals surface area contributed by atoms with Gasteiger partial charge >= 0.3 is 11.8 Å². The fourth-order valence-electron chi connectivity index (χ4n) is 7.71. The number of fused-ring (bicyclic) bond motifs is 3. The number of imidazole rings is 1. The molecular formula is C36H44N6O6. The number of ether oxygens (including phenoxy) is 2. The van der Waals surface area contributed by atoms with E-state index < -0.39 is 12.2 Å². The van der Waals surface area contributed by atoms with Gasteiger partial charge in [-0.25, -0.2) is 9.59 Å². The number of aromatic nitrogens is 3. The number of carbonyl (C=O) groups is 2. The van der Waals surface area contributed by atoms with Crippen molar-refractivity contribution in [3.8, 4) is 5.75 Å². The zero-order valence-electron chi connectivity index (χ0n) is 27.7. The Bertz CT molecular complexity index is 1840. The van der Waals surface area contributed by atoms with Crippen molar-refractivity contribution in [2.24, 2.45) is 0 Å². The van der Waals surface area contributed by atoms with Crippen LogP contribution in [-0.2, 0) is 20.7 Å². The number of para-hydroxylation sites is 1. The van der Waals surface area contributed by atoms with Gasteiger partial charge in [-0.15, -0.1) is 0 Å². The van der Waals surface area contributed by atoms with E-state index in [2.05, 4.69) is 14.9 Å². The molecule has 5 heterocycles. The number of phenols is 1. The number of H-pyrrole nitrogens is 1. The summed E-state index contributed by atoms with van der Waals surface area (Å²) in [5, 5.41) is 11.2. The van der Waals surface area contributed by atoms with E-state index in [9.17, 15) is 19.5 Å². The number of aromatic hydroxyl groups is 1. The maximum atomic E-state index is 14.0. The van der Waals surface area contributed by atoms with Crippen LogP contribution in [0.4, 0.5) is 4.79 Å². The van der Waals surface area contributed by atoms with E-state index in [-0.39, 0.29) is 29.8 Å². The largest absolute Gasteiger partial charge is 0.507 e. The molecule has 2 aromatic carbocycles. The summed E-state index contributed by atoms with van der Waals surface area (Å²) in [6.07, 6.45) is 3.58. The van der Waals surface area contributed by atoms with E-state index in [1.54, 1.807) is 15.7 Å². The van der Waals surface area contributed by atoms with Gasteiger partial charge in [-0.05, 0) is 62.3 Å². The highest BCUT2D eigenvalue weighted by Crippen LogP contribution is 2.29. The van der Waals surface area contributed by atoms with Gasteiger partial charge in [0.25, 0.3) is 5.91 Å². The zero-order chi connectivity index (χ0) is 33.4. The topological polar surface area (TPSA) is 133 Å². The van der Waals surface area contributed by atoms with E-state index in [4.69, 9.17) is 9.47 Å². The summed E-state index contributed by atoms with van der Waals surface area (Å²) < 4.78 is 13.3. The third kappa shape index (κ3) is 6.38. The molecule has 1 atom stereocenters.